The largest absolute Gasteiger partial charge is 0.496 e. The number of nitrogens with one attached hydrogen (secondary N) is 1. The highest BCUT2D eigenvalue weighted by molar-refractivity contribution is 5.97. The zero-order chi connectivity index (χ0) is 19.0. The van der Waals surface area contributed by atoms with Crippen LogP contribution >= 0.6 is 0 Å². The molecule has 1 atom stereocenters. The van der Waals surface area contributed by atoms with Gasteiger partial charge in [0.05, 0.1) is 31.4 Å². The number of hydrogen-bond acceptors (Lipinski definition) is 4. The number of aliphatic hydroxyl groups is 1. The smallest absolute Gasteiger partial charge is 0.255 e. The summed E-state index contributed by atoms with van der Waals surface area (Å²) in [4.78, 5) is 13.0. The molecule has 1 amide bonds. The zero-order valence-corrected chi connectivity index (χ0v) is 15.7. The fourth-order valence-electron chi connectivity index (χ4n) is 3.98. The first-order valence-electron chi connectivity index (χ1n) is 9.44. The second kappa shape index (κ2) is 7.24. The van der Waals surface area contributed by atoms with Crippen molar-refractivity contribution in [3.8, 4) is 11.5 Å². The van der Waals surface area contributed by atoms with Gasteiger partial charge in [0, 0.05) is 6.42 Å². The van der Waals surface area contributed by atoms with Crippen LogP contribution in [0.3, 0.4) is 0 Å². The van der Waals surface area contributed by atoms with Crippen LogP contribution in [-0.2, 0) is 6.42 Å². The summed E-state index contributed by atoms with van der Waals surface area (Å²) >= 11 is 0. The average Bonchev–Trinajstić information content (AvgIpc) is 3.11. The van der Waals surface area contributed by atoms with Crippen molar-refractivity contribution in [1.82, 2.24) is 5.32 Å². The highest BCUT2D eigenvalue weighted by Gasteiger charge is 2.36. The van der Waals surface area contributed by atoms with Crippen LogP contribution in [0.1, 0.15) is 45.9 Å². The number of ether oxygens (including phenoxy) is 2. The second-order valence-corrected chi connectivity index (χ2v) is 7.51. The maximum atomic E-state index is 13.0. The highest BCUT2D eigenvalue weighted by Crippen LogP contribution is 2.40. The van der Waals surface area contributed by atoms with Crippen molar-refractivity contribution in [2.75, 3.05) is 13.7 Å². The molecule has 1 aliphatic carbocycles. The Hall–Kier alpha value is -2.53. The van der Waals surface area contributed by atoms with E-state index in [-0.39, 0.29) is 24.0 Å². The van der Waals surface area contributed by atoms with Crippen molar-refractivity contribution in [2.24, 2.45) is 5.92 Å². The van der Waals surface area contributed by atoms with Crippen molar-refractivity contribution >= 4 is 5.91 Å². The molecule has 0 saturated heterocycles. The van der Waals surface area contributed by atoms with Crippen molar-refractivity contribution in [1.29, 1.82) is 0 Å². The number of rotatable bonds is 5. The Labute approximate surface area is 159 Å². The number of aliphatic hydroxyl groups excluding tert-OH is 1. The van der Waals surface area contributed by atoms with E-state index < -0.39 is 0 Å². The number of hydrogen-bond donors (Lipinski definition) is 2. The predicted molar refractivity (Wildman–Crippen MR) is 102 cm³/mol. The van der Waals surface area contributed by atoms with E-state index in [0.717, 1.165) is 23.3 Å². The molecule has 0 unspecified atom stereocenters. The molecule has 1 fully saturated rings. The van der Waals surface area contributed by atoms with Crippen LogP contribution in [0.4, 0.5) is 0 Å². The summed E-state index contributed by atoms with van der Waals surface area (Å²) in [6.07, 6.45) is 2.01. The van der Waals surface area contributed by atoms with Crippen LogP contribution in [0.2, 0.25) is 0 Å². The molecule has 1 aliphatic heterocycles. The van der Waals surface area contributed by atoms with E-state index in [0.29, 0.717) is 30.8 Å². The molecule has 1 saturated carbocycles. The number of methoxy groups -OCH3 is 1. The number of amides is 1. The van der Waals surface area contributed by atoms with E-state index in [9.17, 15) is 9.90 Å². The lowest BCUT2D eigenvalue weighted by Gasteiger charge is -2.38. The van der Waals surface area contributed by atoms with E-state index in [1.54, 1.807) is 13.2 Å². The minimum Gasteiger partial charge on any atom is -0.496 e. The Morgan fingerprint density at radius 2 is 2.07 bits per heavy atom. The molecule has 0 radical (unpaired) electrons. The molecular formula is C22H25NO4. The molecular weight excluding hydrogens is 342 g/mol. The number of benzene rings is 2. The summed E-state index contributed by atoms with van der Waals surface area (Å²) in [5.74, 6) is 1.57. The van der Waals surface area contributed by atoms with Crippen LogP contribution < -0.4 is 14.8 Å². The standard InChI is InChI=1S/C22H25NO4/c1-13-3-5-18(20(9-13)26-2)22(25)23-21(16-11-17(24)12-16)15-4-6-19-14(10-15)7-8-27-19/h3-6,9-10,16-17,21,24H,7-8,11-12H2,1-2H3,(H,23,25)/t16?,17?,21-/m0/s1. The van der Waals surface area contributed by atoms with Crippen LogP contribution in [-0.4, -0.2) is 30.8 Å². The van der Waals surface area contributed by atoms with Crippen molar-refractivity contribution in [3.63, 3.8) is 0 Å². The summed E-state index contributed by atoms with van der Waals surface area (Å²) in [5, 5.41) is 13.0. The van der Waals surface area contributed by atoms with E-state index in [2.05, 4.69) is 11.4 Å². The minimum atomic E-state index is -0.277. The molecule has 0 aromatic heterocycles. The normalized spacial score (nSPS) is 21.6. The summed E-state index contributed by atoms with van der Waals surface area (Å²) in [5.41, 5.74) is 3.81. The molecule has 0 spiro atoms. The van der Waals surface area contributed by atoms with Gasteiger partial charge in [-0.1, -0.05) is 12.1 Å². The van der Waals surface area contributed by atoms with Crippen LogP contribution in [0.5, 0.6) is 11.5 Å². The van der Waals surface area contributed by atoms with Gasteiger partial charge in [0.2, 0.25) is 0 Å². The predicted octanol–water partition coefficient (Wildman–Crippen LogP) is 3.18. The third-order valence-electron chi connectivity index (χ3n) is 5.58. The molecule has 2 aromatic rings. The highest BCUT2D eigenvalue weighted by atomic mass is 16.5. The van der Waals surface area contributed by atoms with Gasteiger partial charge in [0.1, 0.15) is 11.5 Å². The maximum absolute atomic E-state index is 13.0. The Bertz CT molecular complexity index is 857. The van der Waals surface area contributed by atoms with Crippen LogP contribution in [0, 0.1) is 12.8 Å². The molecule has 0 bridgehead atoms. The van der Waals surface area contributed by atoms with Gasteiger partial charge in [0.15, 0.2) is 0 Å². The van der Waals surface area contributed by atoms with Gasteiger partial charge < -0.3 is 19.9 Å². The zero-order valence-electron chi connectivity index (χ0n) is 15.7. The first kappa shape index (κ1) is 17.9. The summed E-state index contributed by atoms with van der Waals surface area (Å²) in [6, 6.07) is 11.6. The quantitative estimate of drug-likeness (QED) is 0.852. The molecule has 1 heterocycles. The van der Waals surface area contributed by atoms with Crippen LogP contribution in [0.25, 0.3) is 0 Å². The Kier molecular flexibility index (Phi) is 4.79. The SMILES string of the molecule is COc1cc(C)ccc1C(=O)N[C@@H](c1ccc2c(c1)CCO2)C1CC(O)C1. The van der Waals surface area contributed by atoms with E-state index in [1.807, 2.05) is 31.2 Å². The van der Waals surface area contributed by atoms with Crippen molar-refractivity contribution in [3.05, 3.63) is 58.7 Å². The first-order chi connectivity index (χ1) is 13.0. The molecule has 5 nitrogen and oxygen atoms in total. The van der Waals surface area contributed by atoms with Crippen molar-refractivity contribution < 1.29 is 19.4 Å². The topological polar surface area (TPSA) is 67.8 Å². The van der Waals surface area contributed by atoms with Gasteiger partial charge in [-0.25, -0.2) is 0 Å². The average molecular weight is 367 g/mol. The van der Waals surface area contributed by atoms with Gasteiger partial charge in [-0.05, 0) is 66.6 Å². The lowest BCUT2D eigenvalue weighted by atomic mass is 9.74. The Balaban J connectivity index is 1.61. The van der Waals surface area contributed by atoms with Gasteiger partial charge in [-0.3, -0.25) is 4.79 Å². The molecule has 4 rings (SSSR count). The van der Waals surface area contributed by atoms with Gasteiger partial charge in [-0.2, -0.15) is 0 Å². The van der Waals surface area contributed by atoms with E-state index in [4.69, 9.17) is 9.47 Å². The summed E-state index contributed by atoms with van der Waals surface area (Å²) < 4.78 is 11.0. The second-order valence-electron chi connectivity index (χ2n) is 7.51. The third kappa shape index (κ3) is 3.52. The van der Waals surface area contributed by atoms with Gasteiger partial charge in [-0.15, -0.1) is 0 Å². The minimum absolute atomic E-state index is 0.141. The molecule has 27 heavy (non-hydrogen) atoms. The molecule has 5 heteroatoms. The monoisotopic (exact) mass is 367 g/mol. The number of aryl methyl sites for hydroxylation is 1. The Morgan fingerprint density at radius 1 is 1.26 bits per heavy atom. The van der Waals surface area contributed by atoms with Gasteiger partial charge in [0.25, 0.3) is 5.91 Å². The lowest BCUT2D eigenvalue weighted by Crippen LogP contribution is -2.41. The van der Waals surface area contributed by atoms with Crippen LogP contribution in [0.15, 0.2) is 36.4 Å². The van der Waals surface area contributed by atoms with E-state index in [1.165, 1.54) is 5.56 Å². The third-order valence-corrected chi connectivity index (χ3v) is 5.58. The molecule has 2 aliphatic rings. The molecule has 2 aromatic carbocycles. The van der Waals surface area contributed by atoms with E-state index >= 15 is 0 Å². The Morgan fingerprint density at radius 3 is 2.81 bits per heavy atom. The fraction of sp³-hybridized carbons (Fsp3) is 0.409. The molecule has 142 valence electrons. The fourth-order valence-corrected chi connectivity index (χ4v) is 3.98. The lowest BCUT2D eigenvalue weighted by molar-refractivity contribution is 0.0235. The summed E-state index contributed by atoms with van der Waals surface area (Å²) in [7, 11) is 1.58. The number of carbonyl (C=O) groups is 1. The first-order valence-corrected chi connectivity index (χ1v) is 9.44. The van der Waals surface area contributed by atoms with Crippen molar-refractivity contribution in [2.45, 2.75) is 38.3 Å². The summed E-state index contributed by atoms with van der Waals surface area (Å²) in [6.45, 7) is 2.67. The van der Waals surface area contributed by atoms with Gasteiger partial charge >= 0.3 is 0 Å². The maximum Gasteiger partial charge on any atom is 0.255 e. The number of carbonyl (C=O) groups excluding carboxylic acids is 1. The number of fused-ring (bicyclic) bond motifs is 1. The molecule has 2 N–H and O–H groups in total.